The molecule has 0 saturated carbocycles. The summed E-state index contributed by atoms with van der Waals surface area (Å²) in [6.07, 6.45) is 1.99. The first-order valence-corrected chi connectivity index (χ1v) is 14.9. The molecule has 6 aromatic carbocycles. The summed E-state index contributed by atoms with van der Waals surface area (Å²) in [5.74, 6) is 0. The van der Waals surface area contributed by atoms with Gasteiger partial charge in [0.1, 0.15) is 0 Å². The Hall–Kier alpha value is -5.05. The number of nitrogens with zero attached hydrogens (tertiary/aromatic N) is 1. The maximum atomic E-state index is 6.97. The minimum atomic E-state index is -0.248. The highest BCUT2D eigenvalue weighted by Gasteiger charge is 2.40. The zero-order valence-corrected chi connectivity index (χ0v) is 24.5. The Bertz CT molecular complexity index is 2000. The fourth-order valence-electron chi connectivity index (χ4n) is 6.50. The highest BCUT2D eigenvalue weighted by molar-refractivity contribution is 5.93. The van der Waals surface area contributed by atoms with Gasteiger partial charge in [-0.25, -0.2) is 0 Å². The van der Waals surface area contributed by atoms with Gasteiger partial charge in [0.05, 0.1) is 11.7 Å². The topological polar surface area (TPSA) is 38.4 Å². The van der Waals surface area contributed by atoms with Crippen molar-refractivity contribution in [1.29, 1.82) is 0 Å². The van der Waals surface area contributed by atoms with Crippen molar-refractivity contribution in [2.45, 2.75) is 25.3 Å². The average molecular weight is 555 g/mol. The van der Waals surface area contributed by atoms with E-state index in [1.54, 1.807) is 0 Å². The van der Waals surface area contributed by atoms with Crippen LogP contribution in [0.4, 0.5) is 0 Å². The molecule has 0 heterocycles. The van der Waals surface area contributed by atoms with E-state index in [-0.39, 0.29) is 11.5 Å². The number of benzene rings is 6. The molecule has 6 aromatic rings. The first-order valence-electron chi connectivity index (χ1n) is 14.9. The number of aliphatic imine (C=N–C) groups is 1. The lowest BCUT2D eigenvalue weighted by atomic mass is 9.77. The van der Waals surface area contributed by atoms with E-state index < -0.39 is 0 Å². The maximum Gasteiger partial charge on any atom is 0.0725 e. The highest BCUT2D eigenvalue weighted by Crippen LogP contribution is 2.50. The molecule has 1 aliphatic carbocycles. The van der Waals surface area contributed by atoms with Gasteiger partial charge in [0.2, 0.25) is 0 Å². The van der Waals surface area contributed by atoms with Crippen molar-refractivity contribution < 1.29 is 0 Å². The molecule has 0 fully saturated rings. The molecule has 0 bridgehead atoms. The molecule has 0 spiro atoms. The molecule has 1 unspecified atom stereocenters. The third-order valence-electron chi connectivity index (χ3n) is 8.76. The summed E-state index contributed by atoms with van der Waals surface area (Å²) in [5.41, 5.74) is 18.3. The van der Waals surface area contributed by atoms with E-state index in [1.807, 2.05) is 24.4 Å². The molecule has 2 nitrogen and oxygen atoms in total. The number of hydrogen-bond acceptors (Lipinski definition) is 2. The molecular formula is C41H34N2. The van der Waals surface area contributed by atoms with Crippen molar-refractivity contribution in [2.75, 3.05) is 0 Å². The lowest BCUT2D eigenvalue weighted by molar-refractivity contribution is 0.580. The van der Waals surface area contributed by atoms with Gasteiger partial charge in [-0.2, -0.15) is 0 Å². The van der Waals surface area contributed by atoms with Gasteiger partial charge in [0.25, 0.3) is 0 Å². The number of fused-ring (bicyclic) bond motifs is 2. The molecule has 0 amide bonds. The van der Waals surface area contributed by atoms with Crippen molar-refractivity contribution in [3.8, 4) is 22.3 Å². The van der Waals surface area contributed by atoms with Crippen molar-refractivity contribution in [1.82, 2.24) is 0 Å². The lowest BCUT2D eigenvalue weighted by Gasteiger charge is -2.29. The van der Waals surface area contributed by atoms with Crippen LogP contribution in [0.15, 0.2) is 156 Å². The normalized spacial score (nSPS) is 14.8. The van der Waals surface area contributed by atoms with Crippen LogP contribution in [0, 0.1) is 0 Å². The molecule has 7 rings (SSSR count). The van der Waals surface area contributed by atoms with Crippen molar-refractivity contribution >= 4 is 22.7 Å². The van der Waals surface area contributed by atoms with Crippen LogP contribution in [0.5, 0.6) is 0 Å². The summed E-state index contributed by atoms with van der Waals surface area (Å²) >= 11 is 0. The Kier molecular flexibility index (Phi) is 6.85. The van der Waals surface area contributed by atoms with Crippen molar-refractivity contribution in [2.24, 2.45) is 10.7 Å². The Labute approximate surface area is 253 Å². The second-order valence-electron chi connectivity index (χ2n) is 11.8. The summed E-state index contributed by atoms with van der Waals surface area (Å²) in [4.78, 5) is 5.16. The van der Waals surface area contributed by atoms with E-state index in [4.69, 9.17) is 10.7 Å². The quantitative estimate of drug-likeness (QED) is 0.204. The average Bonchev–Trinajstić information content (AvgIpc) is 3.29. The van der Waals surface area contributed by atoms with Gasteiger partial charge >= 0.3 is 0 Å². The van der Waals surface area contributed by atoms with Crippen LogP contribution in [0.2, 0.25) is 0 Å². The number of rotatable bonds is 6. The highest BCUT2D eigenvalue weighted by atomic mass is 14.8. The molecule has 2 heteroatoms. The molecular weight excluding hydrogens is 520 g/mol. The largest absolute Gasteiger partial charge is 0.320 e. The number of nitrogens with two attached hydrogens (primary N) is 1. The van der Waals surface area contributed by atoms with E-state index in [2.05, 4.69) is 141 Å². The van der Waals surface area contributed by atoms with Crippen molar-refractivity contribution in [3.63, 3.8) is 0 Å². The minimum Gasteiger partial charge on any atom is -0.320 e. The summed E-state index contributed by atoms with van der Waals surface area (Å²) in [5, 5.41) is 2.46. The van der Waals surface area contributed by atoms with Crippen LogP contribution in [-0.4, -0.2) is 6.21 Å². The standard InChI is InChI=1S/C41H34N2/c1-41(2)37-19-10-9-18-36(37)40(38(41)39(42)30-15-7-4-8-16-30)43-27-28-12-11-17-31(24-28)33-22-23-34-25-32(20-21-35(34)26-33)29-13-5-3-6-14-29/h3-27,39H,42H2,1-2H3. The molecule has 0 aliphatic heterocycles. The predicted molar refractivity (Wildman–Crippen MR) is 182 cm³/mol. The lowest BCUT2D eigenvalue weighted by Crippen LogP contribution is -2.26. The maximum absolute atomic E-state index is 6.97. The van der Waals surface area contributed by atoms with E-state index in [9.17, 15) is 0 Å². The summed E-state index contributed by atoms with van der Waals surface area (Å²) in [6.45, 7) is 4.52. The molecule has 0 saturated heterocycles. The fourth-order valence-corrected chi connectivity index (χ4v) is 6.50. The Morgan fingerprint density at radius 1 is 0.581 bits per heavy atom. The molecule has 1 aliphatic rings. The summed E-state index contributed by atoms with van der Waals surface area (Å²) in [7, 11) is 0. The second kappa shape index (κ2) is 11.0. The Morgan fingerprint density at radius 3 is 1.88 bits per heavy atom. The number of hydrogen-bond donors (Lipinski definition) is 1. The summed E-state index contributed by atoms with van der Waals surface area (Å²) < 4.78 is 0. The SMILES string of the molecule is CC1(C)C(C(N)c2ccccc2)=C(N=Cc2cccc(-c3ccc4cc(-c5ccccc5)ccc4c3)c2)c2ccccc21. The van der Waals surface area contributed by atoms with E-state index in [0.717, 1.165) is 28.0 Å². The first kappa shape index (κ1) is 26.8. The van der Waals surface area contributed by atoms with E-state index in [1.165, 1.54) is 38.6 Å². The van der Waals surface area contributed by atoms with Gasteiger partial charge in [-0.15, -0.1) is 0 Å². The first-order chi connectivity index (χ1) is 21.0. The van der Waals surface area contributed by atoms with E-state index >= 15 is 0 Å². The van der Waals surface area contributed by atoms with Crippen molar-refractivity contribution in [3.05, 3.63) is 173 Å². The van der Waals surface area contributed by atoms with Gasteiger partial charge < -0.3 is 5.73 Å². The van der Waals surface area contributed by atoms with Crippen LogP contribution in [0.3, 0.4) is 0 Å². The third kappa shape index (κ3) is 5.01. The van der Waals surface area contributed by atoms with Gasteiger partial charge in [-0.1, -0.05) is 141 Å². The molecule has 0 aromatic heterocycles. The van der Waals surface area contributed by atoms with E-state index in [0.29, 0.717) is 0 Å². The molecule has 1 atom stereocenters. The van der Waals surface area contributed by atoms with Gasteiger partial charge in [-0.3, -0.25) is 4.99 Å². The smallest absolute Gasteiger partial charge is 0.0725 e. The summed E-state index contributed by atoms with van der Waals surface area (Å²) in [6, 6.07) is 51.2. The predicted octanol–water partition coefficient (Wildman–Crippen LogP) is 10.00. The Balaban J connectivity index is 1.24. The second-order valence-corrected chi connectivity index (χ2v) is 11.8. The third-order valence-corrected chi connectivity index (χ3v) is 8.76. The van der Waals surface area contributed by atoms with Gasteiger partial charge in [0.15, 0.2) is 0 Å². The fraction of sp³-hybridized carbons (Fsp3) is 0.0976. The minimum absolute atomic E-state index is 0.230. The van der Waals surface area contributed by atoms with Gasteiger partial charge in [-0.05, 0) is 73.5 Å². The van der Waals surface area contributed by atoms with Crippen LogP contribution in [0.25, 0.3) is 38.7 Å². The van der Waals surface area contributed by atoms with Crippen LogP contribution in [-0.2, 0) is 5.41 Å². The molecule has 2 N–H and O–H groups in total. The van der Waals surface area contributed by atoms with Crippen LogP contribution < -0.4 is 5.73 Å². The van der Waals surface area contributed by atoms with Crippen LogP contribution >= 0.6 is 0 Å². The van der Waals surface area contributed by atoms with Crippen LogP contribution in [0.1, 0.15) is 42.1 Å². The molecule has 0 radical (unpaired) electrons. The zero-order chi connectivity index (χ0) is 29.4. The van der Waals surface area contributed by atoms with Gasteiger partial charge in [0, 0.05) is 17.2 Å². The molecule has 43 heavy (non-hydrogen) atoms. The molecule has 208 valence electrons. The zero-order valence-electron chi connectivity index (χ0n) is 24.5. The Morgan fingerprint density at radius 2 is 1.16 bits per heavy atom. The monoisotopic (exact) mass is 554 g/mol.